The molecule has 19 heavy (non-hydrogen) atoms. The Labute approximate surface area is 113 Å². The fraction of sp³-hybridized carbons (Fsp3) is 1.00. The Hall–Kier alpha value is -0.0200. The van der Waals surface area contributed by atoms with E-state index in [0.717, 1.165) is 20.5 Å². The van der Waals surface area contributed by atoms with Gasteiger partial charge in [0.2, 0.25) is 5.85 Å². The number of hydrogen-bond donors (Lipinski definition) is 0. The molecule has 0 aromatic heterocycles. The quantitative estimate of drug-likeness (QED) is 0.527. The summed E-state index contributed by atoms with van der Waals surface area (Å²) < 4.78 is 60.1. The van der Waals surface area contributed by atoms with Crippen molar-refractivity contribution in [1.82, 2.24) is 0 Å². The van der Waals surface area contributed by atoms with Gasteiger partial charge in [-0.2, -0.15) is 8.42 Å². The van der Waals surface area contributed by atoms with E-state index in [1.54, 1.807) is 13.8 Å². The number of rotatable bonds is 6. The van der Waals surface area contributed by atoms with Crippen molar-refractivity contribution in [3.8, 4) is 0 Å². The molecule has 1 saturated heterocycles. The van der Waals surface area contributed by atoms with Crippen molar-refractivity contribution in [3.05, 3.63) is 0 Å². The first-order chi connectivity index (χ1) is 8.53. The van der Waals surface area contributed by atoms with Gasteiger partial charge in [0.05, 0.1) is 12.9 Å². The fourth-order valence-electron chi connectivity index (χ4n) is 1.64. The molecule has 1 aliphatic rings. The summed E-state index contributed by atoms with van der Waals surface area (Å²) in [6.07, 6.45) is -0.0353. The molecule has 0 aromatic rings. The molecule has 2 atom stereocenters. The molecule has 114 valence electrons. The Morgan fingerprint density at radius 2 is 1.84 bits per heavy atom. The van der Waals surface area contributed by atoms with Gasteiger partial charge < -0.3 is 18.5 Å². The SMILES string of the molecule is COP(=O)(OC)[C@H](OS(C)(=O)=O)C1COC(C)(C)O1. The summed E-state index contributed by atoms with van der Waals surface area (Å²) in [7, 11) is -5.38. The second-order valence-corrected chi connectivity index (χ2v) is 8.38. The van der Waals surface area contributed by atoms with Crippen LogP contribution in [0.1, 0.15) is 13.8 Å². The lowest BCUT2D eigenvalue weighted by Crippen LogP contribution is -2.35. The van der Waals surface area contributed by atoms with E-state index in [2.05, 4.69) is 0 Å². The van der Waals surface area contributed by atoms with E-state index < -0.39 is 35.5 Å². The standard InChI is InChI=1S/C9H19O8PS/c1-9(2)15-6-7(16-9)8(17-19(5,11)12)18(10,13-3)14-4/h7-8H,6H2,1-5H3/t7?,8-/m0/s1. The van der Waals surface area contributed by atoms with Crippen LogP contribution in [-0.2, 0) is 37.4 Å². The second kappa shape index (κ2) is 5.77. The molecule has 0 spiro atoms. The van der Waals surface area contributed by atoms with Crippen LogP contribution in [0.15, 0.2) is 0 Å². The first-order valence-corrected chi connectivity index (χ1v) is 8.87. The van der Waals surface area contributed by atoms with E-state index in [-0.39, 0.29) is 6.61 Å². The van der Waals surface area contributed by atoms with Crippen molar-refractivity contribution in [2.24, 2.45) is 0 Å². The first kappa shape index (κ1) is 17.0. The van der Waals surface area contributed by atoms with Crippen LogP contribution in [-0.4, -0.2) is 53.2 Å². The third kappa shape index (κ3) is 4.49. The highest BCUT2D eigenvalue weighted by Gasteiger charge is 2.49. The third-order valence-corrected chi connectivity index (χ3v) is 5.22. The zero-order valence-corrected chi connectivity index (χ0v) is 13.2. The summed E-state index contributed by atoms with van der Waals surface area (Å²) in [5.41, 5.74) is 0. The third-order valence-electron chi connectivity index (χ3n) is 2.44. The summed E-state index contributed by atoms with van der Waals surface area (Å²) in [5, 5.41) is 0. The van der Waals surface area contributed by atoms with Gasteiger partial charge in [-0.05, 0) is 13.8 Å². The van der Waals surface area contributed by atoms with Crippen molar-refractivity contribution >= 4 is 17.7 Å². The van der Waals surface area contributed by atoms with Gasteiger partial charge in [-0.15, -0.1) is 0 Å². The summed E-state index contributed by atoms with van der Waals surface area (Å²) in [6, 6.07) is 0. The van der Waals surface area contributed by atoms with Crippen LogP contribution in [0.3, 0.4) is 0 Å². The van der Waals surface area contributed by atoms with E-state index in [0.29, 0.717) is 0 Å². The van der Waals surface area contributed by atoms with Crippen LogP contribution >= 0.6 is 7.60 Å². The summed E-state index contributed by atoms with van der Waals surface area (Å²) >= 11 is 0. The Morgan fingerprint density at radius 1 is 1.32 bits per heavy atom. The maximum absolute atomic E-state index is 12.4. The molecule has 1 unspecified atom stereocenters. The zero-order chi connectivity index (χ0) is 14.9. The molecule has 1 aliphatic heterocycles. The molecule has 1 fully saturated rings. The highest BCUT2D eigenvalue weighted by molar-refractivity contribution is 7.86. The molecule has 0 aromatic carbocycles. The minimum absolute atomic E-state index is 0.0178. The van der Waals surface area contributed by atoms with Crippen LogP contribution < -0.4 is 0 Å². The summed E-state index contributed by atoms with van der Waals surface area (Å²) in [6.45, 7) is 3.31. The Bertz CT molecular complexity index is 451. The van der Waals surface area contributed by atoms with Gasteiger partial charge in [-0.25, -0.2) is 0 Å². The molecule has 1 heterocycles. The van der Waals surface area contributed by atoms with Gasteiger partial charge >= 0.3 is 7.60 Å². The van der Waals surface area contributed by atoms with Gasteiger partial charge in [-0.3, -0.25) is 8.75 Å². The molecule has 0 N–H and O–H groups in total. The fourth-order valence-corrected chi connectivity index (χ4v) is 4.13. The highest BCUT2D eigenvalue weighted by Crippen LogP contribution is 2.55. The topological polar surface area (TPSA) is 97.4 Å². The van der Waals surface area contributed by atoms with E-state index in [1.165, 1.54) is 0 Å². The predicted octanol–water partition coefficient (Wildman–Crippen LogP) is 0.926. The normalized spacial score (nSPS) is 25.4. The van der Waals surface area contributed by atoms with Gasteiger partial charge in [0.25, 0.3) is 10.1 Å². The van der Waals surface area contributed by atoms with Crippen molar-refractivity contribution in [3.63, 3.8) is 0 Å². The molecule has 0 radical (unpaired) electrons. The Balaban J connectivity index is 3.04. The second-order valence-electron chi connectivity index (χ2n) is 4.46. The predicted molar refractivity (Wildman–Crippen MR) is 66.2 cm³/mol. The average molecular weight is 318 g/mol. The molecule has 1 rings (SSSR count). The van der Waals surface area contributed by atoms with Gasteiger partial charge in [0, 0.05) is 14.2 Å². The van der Waals surface area contributed by atoms with E-state index in [4.69, 9.17) is 22.7 Å². The Kier molecular flexibility index (Phi) is 5.17. The largest absolute Gasteiger partial charge is 0.362 e. The monoisotopic (exact) mass is 318 g/mol. The maximum atomic E-state index is 12.4. The van der Waals surface area contributed by atoms with Crippen LogP contribution in [0.25, 0.3) is 0 Å². The smallest absolute Gasteiger partial charge is 0.348 e. The minimum Gasteiger partial charge on any atom is -0.348 e. The summed E-state index contributed by atoms with van der Waals surface area (Å²) in [4.78, 5) is 0. The average Bonchev–Trinajstić information content (AvgIpc) is 2.64. The lowest BCUT2D eigenvalue weighted by molar-refractivity contribution is -0.144. The minimum atomic E-state index is -3.87. The van der Waals surface area contributed by atoms with E-state index in [1.807, 2.05) is 0 Å². The Morgan fingerprint density at radius 3 is 2.16 bits per heavy atom. The van der Waals surface area contributed by atoms with Gasteiger partial charge in [-0.1, -0.05) is 0 Å². The lowest BCUT2D eigenvalue weighted by Gasteiger charge is -2.27. The lowest BCUT2D eigenvalue weighted by atomic mass is 10.4. The molecule has 10 heteroatoms. The summed E-state index contributed by atoms with van der Waals surface area (Å²) in [5.74, 6) is -2.34. The van der Waals surface area contributed by atoms with Crippen molar-refractivity contribution in [2.75, 3.05) is 27.1 Å². The molecule has 0 saturated carbocycles. The van der Waals surface area contributed by atoms with Crippen molar-refractivity contribution in [1.29, 1.82) is 0 Å². The number of hydrogen-bond acceptors (Lipinski definition) is 8. The van der Waals surface area contributed by atoms with Crippen LogP contribution in [0.5, 0.6) is 0 Å². The van der Waals surface area contributed by atoms with Crippen LogP contribution in [0.2, 0.25) is 0 Å². The van der Waals surface area contributed by atoms with E-state index >= 15 is 0 Å². The van der Waals surface area contributed by atoms with Gasteiger partial charge in [0.1, 0.15) is 6.10 Å². The van der Waals surface area contributed by atoms with E-state index in [9.17, 15) is 13.0 Å². The zero-order valence-electron chi connectivity index (χ0n) is 11.5. The van der Waals surface area contributed by atoms with Crippen molar-refractivity contribution in [2.45, 2.75) is 31.6 Å². The van der Waals surface area contributed by atoms with Crippen LogP contribution in [0.4, 0.5) is 0 Å². The molecule has 8 nitrogen and oxygen atoms in total. The molecule has 0 amide bonds. The van der Waals surface area contributed by atoms with Crippen molar-refractivity contribution < 1.29 is 35.7 Å². The molecule has 0 aliphatic carbocycles. The first-order valence-electron chi connectivity index (χ1n) is 5.44. The molecular weight excluding hydrogens is 299 g/mol. The molecular formula is C9H19O8PS. The van der Waals surface area contributed by atoms with Gasteiger partial charge in [0.15, 0.2) is 5.79 Å². The number of ether oxygens (including phenoxy) is 2. The molecule has 0 bridgehead atoms. The highest BCUT2D eigenvalue weighted by atomic mass is 32.2. The maximum Gasteiger partial charge on any atom is 0.362 e. The van der Waals surface area contributed by atoms with Crippen LogP contribution in [0, 0.1) is 0 Å².